The van der Waals surface area contributed by atoms with Crippen LogP contribution in [-0.4, -0.2) is 6.54 Å². The number of nitrogens with one attached hydrogen (secondary N) is 1. The first-order valence-corrected chi connectivity index (χ1v) is 6.55. The fourth-order valence-electron chi connectivity index (χ4n) is 2.10. The summed E-state index contributed by atoms with van der Waals surface area (Å²) in [6.45, 7) is 5.78. The summed E-state index contributed by atoms with van der Waals surface area (Å²) in [6.07, 6.45) is 16.5. The molecule has 0 fully saturated rings. The van der Waals surface area contributed by atoms with Crippen LogP contribution in [0.3, 0.4) is 0 Å². The van der Waals surface area contributed by atoms with Gasteiger partial charge in [-0.3, -0.25) is 4.90 Å². The number of hydrogen-bond acceptors (Lipinski definition) is 0. The van der Waals surface area contributed by atoms with Crippen molar-refractivity contribution in [3.8, 4) is 0 Å². The lowest BCUT2D eigenvalue weighted by atomic mass is 10.1. The third kappa shape index (κ3) is 6.34. The van der Waals surface area contributed by atoms with Crippen molar-refractivity contribution in [3.05, 3.63) is 24.0 Å². The van der Waals surface area contributed by atoms with E-state index in [1.165, 1.54) is 57.2 Å². The second kappa shape index (κ2) is 9.92. The summed E-state index contributed by atoms with van der Waals surface area (Å²) in [7, 11) is 0. The molecule has 0 radical (unpaired) electrons. The van der Waals surface area contributed by atoms with E-state index in [1.54, 1.807) is 4.90 Å². The van der Waals surface area contributed by atoms with Crippen molar-refractivity contribution in [2.24, 2.45) is 0 Å². The first-order valence-electron chi connectivity index (χ1n) is 6.55. The summed E-state index contributed by atoms with van der Waals surface area (Å²) < 4.78 is 0. The van der Waals surface area contributed by atoms with Gasteiger partial charge in [0.25, 0.3) is 0 Å². The molecular formula is C14H26ClN. The summed E-state index contributed by atoms with van der Waals surface area (Å²) in [5.41, 5.74) is 1.47. The molecule has 0 bridgehead atoms. The van der Waals surface area contributed by atoms with Crippen molar-refractivity contribution in [2.75, 3.05) is 6.54 Å². The molecule has 0 aliphatic carbocycles. The number of halogens is 1. The second-order valence-corrected chi connectivity index (χ2v) is 4.61. The second-order valence-electron chi connectivity index (χ2n) is 4.61. The van der Waals surface area contributed by atoms with Crippen LogP contribution in [0.1, 0.15) is 58.8 Å². The Hall–Kier alpha value is -0.270. The van der Waals surface area contributed by atoms with Crippen molar-refractivity contribution < 1.29 is 17.3 Å². The van der Waals surface area contributed by atoms with E-state index < -0.39 is 0 Å². The minimum absolute atomic E-state index is 0. The molecule has 0 aromatic heterocycles. The molecule has 16 heavy (non-hydrogen) atoms. The lowest BCUT2D eigenvalue weighted by Crippen LogP contribution is -3.04. The lowest BCUT2D eigenvalue weighted by Gasteiger charge is -2.10. The molecule has 0 aromatic rings. The van der Waals surface area contributed by atoms with Gasteiger partial charge in [-0.1, -0.05) is 39.0 Å². The first kappa shape index (κ1) is 15.7. The molecule has 2 heteroatoms. The maximum absolute atomic E-state index is 2.28. The topological polar surface area (TPSA) is 4.44 Å². The molecule has 1 heterocycles. The molecule has 1 atom stereocenters. The van der Waals surface area contributed by atoms with Crippen molar-refractivity contribution in [2.45, 2.75) is 58.8 Å². The van der Waals surface area contributed by atoms with Gasteiger partial charge in [0.05, 0.1) is 12.7 Å². The average Bonchev–Trinajstić information content (AvgIpc) is 2.63. The highest BCUT2D eigenvalue weighted by Gasteiger charge is 2.10. The fraction of sp³-hybridized carbons (Fsp3) is 0.714. The van der Waals surface area contributed by atoms with Crippen LogP contribution in [0.15, 0.2) is 24.0 Å². The third-order valence-electron chi connectivity index (χ3n) is 3.20. The van der Waals surface area contributed by atoms with E-state index in [4.69, 9.17) is 0 Å². The zero-order valence-electron chi connectivity index (χ0n) is 10.8. The van der Waals surface area contributed by atoms with E-state index in [0.29, 0.717) is 0 Å². The maximum Gasteiger partial charge on any atom is 0.109 e. The Morgan fingerprint density at radius 2 is 1.62 bits per heavy atom. The van der Waals surface area contributed by atoms with Crippen molar-refractivity contribution in [1.29, 1.82) is 0 Å². The quantitative estimate of drug-likeness (QED) is 0.575. The Bertz CT molecular complexity index is 221. The molecule has 1 N–H and O–H groups in total. The molecule has 1 aliphatic heterocycles. The van der Waals surface area contributed by atoms with E-state index in [9.17, 15) is 0 Å². The SMILES string of the molecule is CCCCCCCCC[NH+]1C=CC=C1C.[Cl-]. The molecule has 0 saturated heterocycles. The number of quaternary nitrogens is 1. The van der Waals surface area contributed by atoms with Gasteiger partial charge in [-0.15, -0.1) is 0 Å². The smallest absolute Gasteiger partial charge is 0.109 e. The standard InChI is InChI=1S/C14H25N.ClH/c1-3-4-5-6-7-8-9-12-15-13-10-11-14(15)2;/h10-11,13H,3-9,12H2,1-2H3;1H. The molecule has 0 spiro atoms. The van der Waals surface area contributed by atoms with Crippen LogP contribution >= 0.6 is 0 Å². The highest BCUT2D eigenvalue weighted by molar-refractivity contribution is 5.08. The van der Waals surface area contributed by atoms with E-state index in [0.717, 1.165) is 0 Å². The predicted molar refractivity (Wildman–Crippen MR) is 66.7 cm³/mol. The first-order chi connectivity index (χ1) is 7.34. The Morgan fingerprint density at radius 1 is 1.00 bits per heavy atom. The zero-order chi connectivity index (χ0) is 10.9. The van der Waals surface area contributed by atoms with Gasteiger partial charge in [0.15, 0.2) is 0 Å². The largest absolute Gasteiger partial charge is 1.00 e. The minimum atomic E-state index is 0. The Labute approximate surface area is 107 Å². The van der Waals surface area contributed by atoms with Gasteiger partial charge in [-0.2, -0.15) is 0 Å². The Kier molecular flexibility index (Phi) is 9.75. The van der Waals surface area contributed by atoms with Gasteiger partial charge in [-0.25, -0.2) is 0 Å². The van der Waals surface area contributed by atoms with Crippen LogP contribution in [0.5, 0.6) is 0 Å². The molecule has 1 aliphatic rings. The van der Waals surface area contributed by atoms with Crippen LogP contribution in [0.25, 0.3) is 0 Å². The van der Waals surface area contributed by atoms with Gasteiger partial charge in [0.2, 0.25) is 0 Å². The molecule has 0 amide bonds. The van der Waals surface area contributed by atoms with E-state index in [-0.39, 0.29) is 12.4 Å². The molecule has 94 valence electrons. The van der Waals surface area contributed by atoms with Gasteiger partial charge in [0.1, 0.15) is 5.70 Å². The van der Waals surface area contributed by atoms with Crippen LogP contribution in [0.4, 0.5) is 0 Å². The summed E-state index contributed by atoms with van der Waals surface area (Å²) in [4.78, 5) is 1.56. The van der Waals surface area contributed by atoms with Crippen LogP contribution in [-0.2, 0) is 0 Å². The van der Waals surface area contributed by atoms with Crippen LogP contribution < -0.4 is 17.3 Å². The summed E-state index contributed by atoms with van der Waals surface area (Å²) in [6, 6.07) is 0. The summed E-state index contributed by atoms with van der Waals surface area (Å²) in [5.74, 6) is 0. The van der Waals surface area contributed by atoms with Gasteiger partial charge in [0, 0.05) is 6.92 Å². The van der Waals surface area contributed by atoms with E-state index in [1.807, 2.05) is 0 Å². The Balaban J connectivity index is 0.00000225. The monoisotopic (exact) mass is 243 g/mol. The number of unbranched alkanes of at least 4 members (excludes halogenated alkanes) is 6. The van der Waals surface area contributed by atoms with Crippen molar-refractivity contribution >= 4 is 0 Å². The summed E-state index contributed by atoms with van der Waals surface area (Å²) >= 11 is 0. The molecule has 0 aromatic carbocycles. The summed E-state index contributed by atoms with van der Waals surface area (Å²) in [5, 5.41) is 0. The zero-order valence-corrected chi connectivity index (χ0v) is 11.5. The normalized spacial score (nSPS) is 18.4. The van der Waals surface area contributed by atoms with Gasteiger partial charge >= 0.3 is 0 Å². The highest BCUT2D eigenvalue weighted by atomic mass is 35.5. The van der Waals surface area contributed by atoms with Crippen LogP contribution in [0.2, 0.25) is 0 Å². The molecule has 1 rings (SSSR count). The van der Waals surface area contributed by atoms with Gasteiger partial charge < -0.3 is 12.4 Å². The fourth-order valence-corrected chi connectivity index (χ4v) is 2.10. The van der Waals surface area contributed by atoms with E-state index >= 15 is 0 Å². The van der Waals surface area contributed by atoms with Crippen molar-refractivity contribution in [3.63, 3.8) is 0 Å². The number of rotatable bonds is 8. The maximum atomic E-state index is 2.28. The molecular weight excluding hydrogens is 218 g/mol. The minimum Gasteiger partial charge on any atom is -1.00 e. The van der Waals surface area contributed by atoms with E-state index in [2.05, 4.69) is 32.2 Å². The molecule has 1 unspecified atom stereocenters. The molecule has 1 nitrogen and oxygen atoms in total. The van der Waals surface area contributed by atoms with Crippen LogP contribution in [0, 0.1) is 0 Å². The highest BCUT2D eigenvalue weighted by Crippen LogP contribution is 2.06. The lowest BCUT2D eigenvalue weighted by molar-refractivity contribution is -0.802. The number of hydrogen-bond donors (Lipinski definition) is 1. The third-order valence-corrected chi connectivity index (χ3v) is 3.20. The molecule has 0 saturated carbocycles. The van der Waals surface area contributed by atoms with Crippen molar-refractivity contribution in [1.82, 2.24) is 0 Å². The Morgan fingerprint density at radius 3 is 2.19 bits per heavy atom. The van der Waals surface area contributed by atoms with Gasteiger partial charge in [-0.05, 0) is 25.0 Å². The predicted octanol–water partition coefficient (Wildman–Crippen LogP) is 0.0570. The average molecular weight is 244 g/mol. The number of allylic oxidation sites excluding steroid dienone is 3.